The topological polar surface area (TPSA) is 75.5 Å². The first-order valence-corrected chi connectivity index (χ1v) is 8.43. The van der Waals surface area contributed by atoms with E-state index < -0.39 is 5.60 Å². The molecule has 1 fully saturated rings. The molecule has 6 nitrogen and oxygen atoms in total. The predicted octanol–water partition coefficient (Wildman–Crippen LogP) is 2.44. The molecule has 2 aliphatic rings. The van der Waals surface area contributed by atoms with Crippen LogP contribution in [0.4, 0.5) is 0 Å². The number of carbonyl (C=O) groups is 1. The normalized spacial score (nSPS) is 22.6. The van der Waals surface area contributed by atoms with E-state index in [1.54, 1.807) is 13.3 Å². The Hall–Kier alpha value is -2.13. The molecule has 0 saturated heterocycles. The van der Waals surface area contributed by atoms with Crippen LogP contribution < -0.4 is 4.74 Å². The van der Waals surface area contributed by atoms with Gasteiger partial charge in [-0.25, -0.2) is 0 Å². The van der Waals surface area contributed by atoms with Gasteiger partial charge in [-0.05, 0) is 32.1 Å². The Morgan fingerprint density at radius 2 is 2.29 bits per heavy atom. The molecule has 24 heavy (non-hydrogen) atoms. The first-order valence-electron chi connectivity index (χ1n) is 8.43. The van der Waals surface area contributed by atoms with Crippen molar-refractivity contribution in [3.8, 4) is 11.8 Å². The number of hydrogen-bond acceptors (Lipinski definition) is 5. The summed E-state index contributed by atoms with van der Waals surface area (Å²) in [4.78, 5) is 19.3. The maximum Gasteiger partial charge on any atom is 0.255 e. The Kier molecular flexibility index (Phi) is 4.46. The van der Waals surface area contributed by atoms with Crippen LogP contribution in [-0.2, 0) is 9.53 Å². The molecular weight excluding hydrogens is 306 g/mol. The third-order valence-corrected chi connectivity index (χ3v) is 5.21. The number of carbonyl (C=O) groups excluding carboxylic acids is 1. The van der Waals surface area contributed by atoms with Crippen LogP contribution in [0.25, 0.3) is 0 Å². The fourth-order valence-corrected chi connectivity index (χ4v) is 3.54. The van der Waals surface area contributed by atoms with Gasteiger partial charge in [-0.2, -0.15) is 5.26 Å². The Labute approximate surface area is 142 Å². The van der Waals surface area contributed by atoms with Gasteiger partial charge < -0.3 is 14.4 Å². The van der Waals surface area contributed by atoms with Gasteiger partial charge in [-0.1, -0.05) is 6.92 Å². The Morgan fingerprint density at radius 3 is 2.88 bits per heavy atom. The van der Waals surface area contributed by atoms with Gasteiger partial charge in [0.1, 0.15) is 29.6 Å². The highest BCUT2D eigenvalue weighted by Crippen LogP contribution is 2.44. The second-order valence-corrected chi connectivity index (χ2v) is 6.57. The summed E-state index contributed by atoms with van der Waals surface area (Å²) >= 11 is 0. The Bertz CT molecular complexity index is 681. The molecule has 2 atom stereocenters. The van der Waals surface area contributed by atoms with Crippen molar-refractivity contribution < 1.29 is 14.3 Å². The highest BCUT2D eigenvalue weighted by atomic mass is 16.5. The summed E-state index contributed by atoms with van der Waals surface area (Å²) in [5, 5.41) is 9.30. The number of fused-ring (bicyclic) bond motifs is 1. The smallest absolute Gasteiger partial charge is 0.255 e. The minimum atomic E-state index is -0.793. The fourth-order valence-electron chi connectivity index (χ4n) is 3.54. The minimum absolute atomic E-state index is 0.00170. The van der Waals surface area contributed by atoms with Crippen molar-refractivity contribution in [1.29, 1.82) is 5.26 Å². The lowest BCUT2D eigenvalue weighted by Gasteiger charge is -2.37. The summed E-state index contributed by atoms with van der Waals surface area (Å²) in [6.45, 7) is 4.75. The summed E-state index contributed by atoms with van der Waals surface area (Å²) in [6.07, 6.45) is 5.98. The van der Waals surface area contributed by atoms with E-state index in [2.05, 4.69) is 11.1 Å². The van der Waals surface area contributed by atoms with E-state index in [1.165, 1.54) is 6.20 Å². The third kappa shape index (κ3) is 2.63. The zero-order chi connectivity index (χ0) is 17.3. The van der Waals surface area contributed by atoms with Crippen molar-refractivity contribution in [3.63, 3.8) is 0 Å². The standard InChI is InChI=1S/C18H23N3O3/c1-4-15-14-11-20-10-12(9-19)16(14)24-8-7-21(15)17(22)18(2,23-3)13-5-6-13/h10-11,13,15H,4-8H2,1-3H3/t15-,18?/m0/s1. The SMILES string of the molecule is CC[C@H]1c2cncc(C#N)c2OCCN1C(=O)C(C)(OC)C1CC1. The number of ether oxygens (including phenoxy) is 2. The van der Waals surface area contributed by atoms with Crippen LogP contribution in [0.1, 0.15) is 50.3 Å². The van der Waals surface area contributed by atoms with E-state index in [-0.39, 0.29) is 17.9 Å². The van der Waals surface area contributed by atoms with Crippen LogP contribution in [0.3, 0.4) is 0 Å². The van der Waals surface area contributed by atoms with Crippen LogP contribution in [0.2, 0.25) is 0 Å². The van der Waals surface area contributed by atoms with Gasteiger partial charge in [-0.15, -0.1) is 0 Å². The predicted molar refractivity (Wildman–Crippen MR) is 87.3 cm³/mol. The molecule has 128 valence electrons. The molecule has 1 unspecified atom stereocenters. The number of nitrogens with zero attached hydrogens (tertiary/aromatic N) is 3. The van der Waals surface area contributed by atoms with Gasteiger partial charge in [0.2, 0.25) is 0 Å². The molecule has 1 amide bonds. The van der Waals surface area contributed by atoms with Gasteiger partial charge in [0, 0.05) is 25.1 Å². The molecule has 0 aromatic carbocycles. The average Bonchev–Trinajstić information content (AvgIpc) is 3.45. The molecule has 0 N–H and O–H groups in total. The zero-order valence-electron chi connectivity index (χ0n) is 14.4. The van der Waals surface area contributed by atoms with Crippen molar-refractivity contribution >= 4 is 5.91 Å². The Morgan fingerprint density at radius 1 is 1.54 bits per heavy atom. The molecule has 1 aromatic rings. The summed E-state index contributed by atoms with van der Waals surface area (Å²) in [5.74, 6) is 0.832. The Balaban J connectivity index is 2.00. The van der Waals surface area contributed by atoms with Gasteiger partial charge in [0.25, 0.3) is 5.91 Å². The molecule has 0 radical (unpaired) electrons. The van der Waals surface area contributed by atoms with Crippen molar-refractivity contribution in [3.05, 3.63) is 23.5 Å². The number of methoxy groups -OCH3 is 1. The molecule has 2 heterocycles. The second-order valence-electron chi connectivity index (χ2n) is 6.57. The number of rotatable bonds is 4. The minimum Gasteiger partial charge on any atom is -0.490 e. The maximum absolute atomic E-state index is 13.3. The first-order chi connectivity index (χ1) is 11.6. The van der Waals surface area contributed by atoms with Crippen molar-refractivity contribution in [2.24, 2.45) is 5.92 Å². The summed E-state index contributed by atoms with van der Waals surface area (Å²) in [5.41, 5.74) is 0.423. The van der Waals surface area contributed by atoms with E-state index in [0.29, 0.717) is 24.5 Å². The molecule has 3 rings (SSSR count). The van der Waals surface area contributed by atoms with E-state index in [9.17, 15) is 10.1 Å². The molecular formula is C18H23N3O3. The third-order valence-electron chi connectivity index (χ3n) is 5.21. The lowest BCUT2D eigenvalue weighted by molar-refractivity contribution is -0.158. The van der Waals surface area contributed by atoms with Crippen LogP contribution in [-0.4, -0.2) is 41.7 Å². The van der Waals surface area contributed by atoms with E-state index in [0.717, 1.165) is 24.8 Å². The van der Waals surface area contributed by atoms with E-state index in [4.69, 9.17) is 9.47 Å². The number of pyridine rings is 1. The maximum atomic E-state index is 13.3. The fraction of sp³-hybridized carbons (Fsp3) is 0.611. The van der Waals surface area contributed by atoms with Gasteiger partial charge in [0.15, 0.2) is 0 Å². The van der Waals surface area contributed by atoms with Gasteiger partial charge in [-0.3, -0.25) is 9.78 Å². The van der Waals surface area contributed by atoms with Crippen LogP contribution in [0, 0.1) is 17.2 Å². The van der Waals surface area contributed by atoms with Gasteiger partial charge >= 0.3 is 0 Å². The van der Waals surface area contributed by atoms with E-state index >= 15 is 0 Å². The molecule has 1 saturated carbocycles. The first kappa shape index (κ1) is 16.7. The average molecular weight is 329 g/mol. The van der Waals surface area contributed by atoms with Crippen LogP contribution in [0.5, 0.6) is 5.75 Å². The molecule has 1 aliphatic heterocycles. The largest absolute Gasteiger partial charge is 0.490 e. The van der Waals surface area contributed by atoms with Crippen molar-refractivity contribution in [2.75, 3.05) is 20.3 Å². The number of nitriles is 1. The summed E-state index contributed by atoms with van der Waals surface area (Å²) < 4.78 is 11.5. The highest BCUT2D eigenvalue weighted by molar-refractivity contribution is 5.86. The van der Waals surface area contributed by atoms with Crippen molar-refractivity contribution in [1.82, 2.24) is 9.88 Å². The molecule has 6 heteroatoms. The summed E-state index contributed by atoms with van der Waals surface area (Å²) in [7, 11) is 1.61. The number of hydrogen-bond donors (Lipinski definition) is 0. The quantitative estimate of drug-likeness (QED) is 0.848. The molecule has 0 bridgehead atoms. The van der Waals surface area contributed by atoms with E-state index in [1.807, 2.05) is 18.7 Å². The zero-order valence-corrected chi connectivity index (χ0v) is 14.4. The van der Waals surface area contributed by atoms with Crippen molar-refractivity contribution in [2.45, 2.75) is 44.8 Å². The summed E-state index contributed by atoms with van der Waals surface area (Å²) in [6, 6.07) is 1.96. The number of amides is 1. The molecule has 1 aliphatic carbocycles. The van der Waals surface area contributed by atoms with Gasteiger partial charge in [0.05, 0.1) is 12.6 Å². The van der Waals surface area contributed by atoms with Crippen LogP contribution >= 0.6 is 0 Å². The highest BCUT2D eigenvalue weighted by Gasteiger charge is 2.50. The lowest BCUT2D eigenvalue weighted by atomic mass is 9.95. The molecule has 0 spiro atoms. The lowest BCUT2D eigenvalue weighted by Crippen LogP contribution is -2.51. The van der Waals surface area contributed by atoms with Crippen LogP contribution in [0.15, 0.2) is 12.4 Å². The second kappa shape index (κ2) is 6.40. The number of aromatic nitrogens is 1. The monoisotopic (exact) mass is 329 g/mol. The molecule has 1 aromatic heterocycles.